The Labute approximate surface area is 272 Å². The lowest BCUT2D eigenvalue weighted by atomic mass is 9.84. The van der Waals surface area contributed by atoms with Crippen LogP contribution in [0.4, 0.5) is 0 Å². The molecule has 0 aliphatic heterocycles. The van der Waals surface area contributed by atoms with Crippen molar-refractivity contribution in [3.63, 3.8) is 0 Å². The van der Waals surface area contributed by atoms with Gasteiger partial charge in [0.2, 0.25) is 0 Å². The number of benzene rings is 8. The van der Waals surface area contributed by atoms with Crippen molar-refractivity contribution in [1.29, 1.82) is 0 Å². The van der Waals surface area contributed by atoms with Crippen LogP contribution in [0, 0.1) is 0 Å². The largest absolute Gasteiger partial charge is 0.456 e. The highest BCUT2D eigenvalue weighted by Gasteiger charge is 2.21. The fraction of sp³-hybridized carbons (Fsp3) is 0. The second kappa shape index (κ2) is 10.4. The van der Waals surface area contributed by atoms with Crippen molar-refractivity contribution in [1.82, 2.24) is 0 Å². The summed E-state index contributed by atoms with van der Waals surface area (Å²) in [7, 11) is 0. The van der Waals surface area contributed by atoms with E-state index in [4.69, 9.17) is 9.90 Å². The van der Waals surface area contributed by atoms with Gasteiger partial charge in [-0.1, -0.05) is 151 Å². The zero-order chi connectivity index (χ0) is 36.7. The van der Waals surface area contributed by atoms with Gasteiger partial charge in [-0.2, -0.15) is 0 Å². The summed E-state index contributed by atoms with van der Waals surface area (Å²) in [6, 6.07) is 35.7. The van der Waals surface area contributed by atoms with Crippen molar-refractivity contribution >= 4 is 43.5 Å². The van der Waals surface area contributed by atoms with Crippen molar-refractivity contribution in [3.8, 4) is 44.5 Å². The molecule has 1 nitrogen and oxygen atoms in total. The van der Waals surface area contributed by atoms with Gasteiger partial charge in [-0.3, -0.25) is 0 Å². The first kappa shape index (κ1) is 18.7. The van der Waals surface area contributed by atoms with E-state index < -0.39 is 24.2 Å². The van der Waals surface area contributed by atoms with Crippen LogP contribution < -0.4 is 0 Å². The van der Waals surface area contributed by atoms with Crippen LogP contribution in [-0.4, -0.2) is 0 Å². The summed E-state index contributed by atoms with van der Waals surface area (Å²) in [5, 5.41) is 2.12. The number of rotatable bonds is 4. The lowest BCUT2D eigenvalue weighted by molar-refractivity contribution is 0.669. The topological polar surface area (TPSA) is 13.1 Å². The van der Waals surface area contributed by atoms with Gasteiger partial charge in [0.05, 0.1) is 11.0 Å². The maximum Gasteiger partial charge on any atom is 0.136 e. The van der Waals surface area contributed by atoms with E-state index >= 15 is 0 Å². The number of fused-ring (bicyclic) bond motifs is 5. The Kier molecular flexibility index (Phi) is 4.30. The van der Waals surface area contributed by atoms with Gasteiger partial charge in [-0.25, -0.2) is 0 Å². The van der Waals surface area contributed by atoms with Gasteiger partial charge in [0.1, 0.15) is 11.2 Å². The van der Waals surface area contributed by atoms with E-state index in [-0.39, 0.29) is 51.3 Å². The zero-order valence-corrected chi connectivity index (χ0v) is 24.0. The molecule has 9 aromatic rings. The van der Waals surface area contributed by atoms with Crippen LogP contribution in [0.15, 0.2) is 174 Å². The third kappa shape index (κ3) is 4.09. The van der Waals surface area contributed by atoms with E-state index in [0.717, 1.165) is 27.6 Å². The second-order valence-electron chi connectivity index (χ2n) is 11.0. The summed E-state index contributed by atoms with van der Waals surface area (Å²) in [6.07, 6.45) is 0. The molecule has 0 unspecified atom stereocenters. The molecule has 0 fully saturated rings. The fourth-order valence-corrected chi connectivity index (χ4v) is 6.60. The Morgan fingerprint density at radius 2 is 0.844 bits per heavy atom. The molecule has 1 heteroatoms. The quantitative estimate of drug-likeness (QED) is 0.189. The molecule has 8 aromatic carbocycles. The molecule has 0 radical (unpaired) electrons. The Hall–Kier alpha value is -5.92. The summed E-state index contributed by atoms with van der Waals surface area (Å²) < 4.78 is 78.9. The predicted molar refractivity (Wildman–Crippen MR) is 190 cm³/mol. The smallest absolute Gasteiger partial charge is 0.136 e. The summed E-state index contributed by atoms with van der Waals surface area (Å²) >= 11 is 0. The van der Waals surface area contributed by atoms with E-state index in [9.17, 15) is 5.48 Å². The van der Waals surface area contributed by atoms with E-state index in [1.54, 1.807) is 30.3 Å². The van der Waals surface area contributed by atoms with Crippen molar-refractivity contribution in [2.24, 2.45) is 0 Å². The first-order chi connectivity index (χ1) is 25.7. The molecule has 1 heterocycles. The molecule has 0 aliphatic carbocycles. The number of hydrogen-bond acceptors (Lipinski definition) is 1. The molecule has 0 saturated heterocycles. The third-order valence-electron chi connectivity index (χ3n) is 8.51. The van der Waals surface area contributed by atoms with E-state index in [2.05, 4.69) is 24.3 Å². The van der Waals surface area contributed by atoms with Crippen molar-refractivity contribution in [3.05, 3.63) is 170 Å². The molecule has 0 atom stereocenters. The zero-order valence-electron chi connectivity index (χ0n) is 32.0. The van der Waals surface area contributed by atoms with Gasteiger partial charge in [0.25, 0.3) is 0 Å². The van der Waals surface area contributed by atoms with E-state index in [1.807, 2.05) is 66.7 Å². The minimum Gasteiger partial charge on any atom is -0.456 e. The van der Waals surface area contributed by atoms with Gasteiger partial charge in [-0.05, 0) is 84.3 Å². The summed E-state index contributed by atoms with van der Waals surface area (Å²) in [5.74, 6) is 0. The molecule has 0 bridgehead atoms. The summed E-state index contributed by atoms with van der Waals surface area (Å²) in [6.45, 7) is 0. The molecule has 0 aliphatic rings. The summed E-state index contributed by atoms with van der Waals surface area (Å²) in [4.78, 5) is 0. The molecule has 1 aromatic heterocycles. The molecule has 210 valence electrons. The average Bonchev–Trinajstić information content (AvgIpc) is 3.59. The van der Waals surface area contributed by atoms with Crippen molar-refractivity contribution < 1.29 is 15.4 Å². The van der Waals surface area contributed by atoms with Crippen molar-refractivity contribution in [2.75, 3.05) is 0 Å². The molecule has 0 spiro atoms. The molecule has 0 N–H and O–H groups in total. The molecule has 0 amide bonds. The molecular formula is C44H28O. The van der Waals surface area contributed by atoms with Gasteiger partial charge < -0.3 is 4.42 Å². The maximum absolute atomic E-state index is 9.38. The van der Waals surface area contributed by atoms with Crippen LogP contribution >= 0.6 is 0 Å². The predicted octanol–water partition coefficient (Wildman–Crippen LogP) is 12.6. The third-order valence-corrected chi connectivity index (χ3v) is 8.51. The first-order valence-electron chi connectivity index (χ1n) is 18.8. The van der Waals surface area contributed by atoms with Gasteiger partial charge in [-0.15, -0.1) is 0 Å². The van der Waals surface area contributed by atoms with Gasteiger partial charge in [0, 0.05) is 10.8 Å². The van der Waals surface area contributed by atoms with Crippen LogP contribution in [0.3, 0.4) is 0 Å². The van der Waals surface area contributed by atoms with E-state index in [1.165, 1.54) is 0 Å². The Bertz CT molecular complexity index is 2890. The highest BCUT2D eigenvalue weighted by Crippen LogP contribution is 2.48. The van der Waals surface area contributed by atoms with Crippen LogP contribution in [-0.2, 0) is 0 Å². The highest BCUT2D eigenvalue weighted by molar-refractivity contribution is 6.26. The number of furan rings is 1. The molecule has 45 heavy (non-hydrogen) atoms. The van der Waals surface area contributed by atoms with Crippen LogP contribution in [0.1, 0.15) is 11.0 Å². The normalized spacial score (nSPS) is 14.0. The maximum atomic E-state index is 9.38. The lowest BCUT2D eigenvalue weighted by Crippen LogP contribution is -1.91. The van der Waals surface area contributed by atoms with Crippen LogP contribution in [0.5, 0.6) is 0 Å². The standard InChI is InChI=1S/C44H28O/c1-3-14-29(15-4-1)31-18-11-19-32(28-31)33-24-12-26-39-43(33)44-38(25-13-27-40(44)45-39)42-36-22-9-7-20-34(36)41(30-16-5-2-6-17-30)35-21-8-10-23-37(35)42/h1-28H/i7D,8D,9D,10D,20D,21D,22D,23D. The van der Waals surface area contributed by atoms with Gasteiger partial charge in [0.15, 0.2) is 0 Å². The highest BCUT2D eigenvalue weighted by atomic mass is 16.3. The molecule has 9 rings (SSSR count). The first-order valence-corrected chi connectivity index (χ1v) is 14.8. The van der Waals surface area contributed by atoms with Gasteiger partial charge >= 0.3 is 0 Å². The fourth-order valence-electron chi connectivity index (χ4n) is 6.60. The van der Waals surface area contributed by atoms with Crippen LogP contribution in [0.2, 0.25) is 0 Å². The Morgan fingerprint density at radius 1 is 0.378 bits per heavy atom. The van der Waals surface area contributed by atoms with Crippen LogP contribution in [0.25, 0.3) is 88.0 Å². The second-order valence-corrected chi connectivity index (χ2v) is 11.0. The van der Waals surface area contributed by atoms with E-state index in [0.29, 0.717) is 33.2 Å². The molecule has 0 saturated carbocycles. The minimum absolute atomic E-state index is 0.165. The van der Waals surface area contributed by atoms with Crippen molar-refractivity contribution in [2.45, 2.75) is 0 Å². The Morgan fingerprint density at radius 3 is 1.47 bits per heavy atom. The molecular weight excluding hydrogens is 544 g/mol. The number of hydrogen-bond donors (Lipinski definition) is 0. The Balaban J connectivity index is 1.51. The lowest BCUT2D eigenvalue weighted by Gasteiger charge is -2.18. The summed E-state index contributed by atoms with van der Waals surface area (Å²) in [5.41, 5.74) is 6.75. The average molecular weight is 581 g/mol. The SMILES string of the molecule is [2H]c1c([2H])c([2H])c2c(-c3cccc4oc5cccc(-c6cccc(-c7ccccc7)c6)c5c34)c3c([2H])c([2H])c([2H])c([2H])c3c(-c3ccccc3)c2c1[2H]. The monoisotopic (exact) mass is 580 g/mol. The minimum atomic E-state index is -0.439.